The van der Waals surface area contributed by atoms with Crippen molar-refractivity contribution in [2.75, 3.05) is 33.3 Å². The summed E-state index contributed by atoms with van der Waals surface area (Å²) in [5, 5.41) is 2.95. The van der Waals surface area contributed by atoms with E-state index in [1.54, 1.807) is 21.8 Å². The van der Waals surface area contributed by atoms with Crippen LogP contribution in [-0.2, 0) is 22.7 Å². The zero-order chi connectivity index (χ0) is 23.2. The summed E-state index contributed by atoms with van der Waals surface area (Å²) in [4.78, 5) is 43.1. The van der Waals surface area contributed by atoms with Crippen LogP contribution in [-0.4, -0.2) is 71.9 Å². The van der Waals surface area contributed by atoms with E-state index >= 15 is 0 Å². The minimum absolute atomic E-state index is 0.0113. The molecular formula is C25H30N4O4. The van der Waals surface area contributed by atoms with Crippen molar-refractivity contribution in [1.82, 2.24) is 20.0 Å². The summed E-state index contributed by atoms with van der Waals surface area (Å²) in [6.45, 7) is 3.04. The van der Waals surface area contributed by atoms with Gasteiger partial charge < -0.3 is 24.8 Å². The Hall–Kier alpha value is -3.55. The second-order valence-electron chi connectivity index (χ2n) is 8.44. The summed E-state index contributed by atoms with van der Waals surface area (Å²) in [6, 6.07) is 17.2. The quantitative estimate of drug-likeness (QED) is 0.685. The van der Waals surface area contributed by atoms with Crippen LogP contribution in [0.5, 0.6) is 5.75 Å². The first kappa shape index (κ1) is 22.6. The largest absolute Gasteiger partial charge is 0.497 e. The standard InChI is InChI=1S/C25H30N4O4/c1-33-22-9-5-8-20(16-22)17-26-25(32)27-12-10-21(11-13-27)29-15-14-28(23(30)24(29)31)18-19-6-3-2-4-7-19/h2-9,16,21H,10-15,17-18H2,1H3,(H,26,32). The molecule has 8 nitrogen and oxygen atoms in total. The molecule has 0 spiro atoms. The van der Waals surface area contributed by atoms with E-state index in [0.717, 1.165) is 16.9 Å². The van der Waals surface area contributed by atoms with Crippen LogP contribution in [0.1, 0.15) is 24.0 Å². The van der Waals surface area contributed by atoms with E-state index in [9.17, 15) is 14.4 Å². The highest BCUT2D eigenvalue weighted by atomic mass is 16.5. The summed E-state index contributed by atoms with van der Waals surface area (Å²) in [5.74, 6) is -0.118. The van der Waals surface area contributed by atoms with Crippen molar-refractivity contribution in [2.45, 2.75) is 32.0 Å². The number of piperazine rings is 1. The zero-order valence-corrected chi connectivity index (χ0v) is 18.9. The Balaban J connectivity index is 1.25. The average Bonchev–Trinajstić information content (AvgIpc) is 2.86. The Morgan fingerprint density at radius 1 is 0.939 bits per heavy atom. The molecule has 2 saturated heterocycles. The zero-order valence-electron chi connectivity index (χ0n) is 18.9. The lowest BCUT2D eigenvalue weighted by molar-refractivity contribution is -0.158. The van der Waals surface area contributed by atoms with Crippen LogP contribution < -0.4 is 10.1 Å². The van der Waals surface area contributed by atoms with Crippen molar-refractivity contribution in [2.24, 2.45) is 0 Å². The van der Waals surface area contributed by atoms with Crippen LogP contribution in [0.15, 0.2) is 54.6 Å². The van der Waals surface area contributed by atoms with Crippen molar-refractivity contribution < 1.29 is 19.1 Å². The third-order valence-electron chi connectivity index (χ3n) is 6.33. The monoisotopic (exact) mass is 450 g/mol. The summed E-state index contributed by atoms with van der Waals surface area (Å²) in [5.41, 5.74) is 1.98. The predicted molar refractivity (Wildman–Crippen MR) is 123 cm³/mol. The molecule has 0 saturated carbocycles. The number of likely N-dealkylation sites (tertiary alicyclic amines) is 1. The third kappa shape index (κ3) is 5.45. The van der Waals surface area contributed by atoms with Gasteiger partial charge in [-0.3, -0.25) is 9.59 Å². The Morgan fingerprint density at radius 3 is 2.39 bits per heavy atom. The lowest BCUT2D eigenvalue weighted by Crippen LogP contribution is -2.59. The average molecular weight is 451 g/mol. The van der Waals surface area contributed by atoms with Crippen molar-refractivity contribution in [3.05, 3.63) is 65.7 Å². The van der Waals surface area contributed by atoms with E-state index in [-0.39, 0.29) is 12.1 Å². The maximum absolute atomic E-state index is 12.8. The number of benzene rings is 2. The fourth-order valence-electron chi connectivity index (χ4n) is 4.45. The van der Waals surface area contributed by atoms with Crippen LogP contribution >= 0.6 is 0 Å². The molecule has 2 fully saturated rings. The molecule has 2 aromatic rings. The Kier molecular flexibility index (Phi) is 7.12. The number of piperidine rings is 1. The molecular weight excluding hydrogens is 420 g/mol. The van der Waals surface area contributed by atoms with Gasteiger partial charge in [0.2, 0.25) is 0 Å². The number of urea groups is 1. The van der Waals surface area contributed by atoms with Gasteiger partial charge in [-0.05, 0) is 36.1 Å². The number of nitrogens with one attached hydrogen (secondary N) is 1. The topological polar surface area (TPSA) is 82.2 Å². The van der Waals surface area contributed by atoms with E-state index in [2.05, 4.69) is 5.32 Å². The molecule has 0 unspecified atom stereocenters. The van der Waals surface area contributed by atoms with Gasteiger partial charge in [-0.25, -0.2) is 4.79 Å². The van der Waals surface area contributed by atoms with Gasteiger partial charge in [-0.15, -0.1) is 0 Å². The lowest BCUT2D eigenvalue weighted by atomic mass is 10.0. The number of rotatable bonds is 6. The van der Waals surface area contributed by atoms with Crippen LogP contribution in [0.2, 0.25) is 0 Å². The second kappa shape index (κ2) is 10.4. The Labute approximate surface area is 194 Å². The smallest absolute Gasteiger partial charge is 0.317 e. The van der Waals surface area contributed by atoms with Gasteiger partial charge in [0, 0.05) is 45.3 Å². The van der Waals surface area contributed by atoms with E-state index in [1.165, 1.54) is 0 Å². The number of methoxy groups -OCH3 is 1. The van der Waals surface area contributed by atoms with E-state index in [1.807, 2.05) is 54.6 Å². The SMILES string of the molecule is COc1cccc(CNC(=O)N2CCC(N3CCN(Cc4ccccc4)C(=O)C3=O)CC2)c1. The molecule has 0 aliphatic carbocycles. The number of carbonyl (C=O) groups is 3. The summed E-state index contributed by atoms with van der Waals surface area (Å²) < 4.78 is 5.22. The van der Waals surface area contributed by atoms with Gasteiger partial charge >= 0.3 is 17.8 Å². The highest BCUT2D eigenvalue weighted by molar-refractivity contribution is 6.35. The molecule has 1 N–H and O–H groups in total. The molecule has 0 atom stereocenters. The third-order valence-corrected chi connectivity index (χ3v) is 6.33. The second-order valence-corrected chi connectivity index (χ2v) is 8.44. The van der Waals surface area contributed by atoms with E-state index in [4.69, 9.17) is 4.74 Å². The van der Waals surface area contributed by atoms with Crippen LogP contribution in [0, 0.1) is 0 Å². The van der Waals surface area contributed by atoms with E-state index < -0.39 is 11.8 Å². The van der Waals surface area contributed by atoms with Gasteiger partial charge in [0.05, 0.1) is 7.11 Å². The Bertz CT molecular complexity index is 989. The van der Waals surface area contributed by atoms with Crippen molar-refractivity contribution in [1.29, 1.82) is 0 Å². The van der Waals surface area contributed by atoms with Crippen molar-refractivity contribution in [3.8, 4) is 5.75 Å². The minimum Gasteiger partial charge on any atom is -0.497 e. The van der Waals surface area contributed by atoms with Crippen LogP contribution in [0.25, 0.3) is 0 Å². The number of hydrogen-bond donors (Lipinski definition) is 1. The summed E-state index contributed by atoms with van der Waals surface area (Å²) in [7, 11) is 1.61. The Morgan fingerprint density at radius 2 is 1.67 bits per heavy atom. The molecule has 8 heteroatoms. The first-order valence-corrected chi connectivity index (χ1v) is 11.3. The minimum atomic E-state index is -0.441. The van der Waals surface area contributed by atoms with Gasteiger partial charge in [0.15, 0.2) is 0 Å². The molecule has 2 heterocycles. The van der Waals surface area contributed by atoms with E-state index in [0.29, 0.717) is 52.1 Å². The van der Waals surface area contributed by atoms with Gasteiger partial charge in [-0.1, -0.05) is 42.5 Å². The van der Waals surface area contributed by atoms with Crippen molar-refractivity contribution >= 4 is 17.8 Å². The van der Waals surface area contributed by atoms with Crippen LogP contribution in [0.4, 0.5) is 4.79 Å². The number of ether oxygens (including phenoxy) is 1. The first-order chi connectivity index (χ1) is 16.0. The highest BCUT2D eigenvalue weighted by Crippen LogP contribution is 2.21. The lowest BCUT2D eigenvalue weighted by Gasteiger charge is -2.42. The molecule has 4 amide bonds. The van der Waals surface area contributed by atoms with Crippen molar-refractivity contribution in [3.63, 3.8) is 0 Å². The molecule has 33 heavy (non-hydrogen) atoms. The molecule has 0 bridgehead atoms. The molecule has 2 aromatic carbocycles. The number of carbonyl (C=O) groups excluding carboxylic acids is 3. The predicted octanol–water partition coefficient (Wildman–Crippen LogP) is 2.24. The summed E-state index contributed by atoms with van der Waals surface area (Å²) >= 11 is 0. The normalized spacial score (nSPS) is 17.3. The fraction of sp³-hybridized carbons (Fsp3) is 0.400. The molecule has 174 valence electrons. The molecule has 2 aliphatic rings. The van der Waals surface area contributed by atoms with Crippen LogP contribution in [0.3, 0.4) is 0 Å². The number of hydrogen-bond acceptors (Lipinski definition) is 4. The molecule has 4 rings (SSSR count). The van der Waals surface area contributed by atoms with Gasteiger partial charge in [0.1, 0.15) is 5.75 Å². The number of nitrogens with zero attached hydrogens (tertiary/aromatic N) is 3. The summed E-state index contributed by atoms with van der Waals surface area (Å²) in [6.07, 6.45) is 1.34. The molecule has 0 aromatic heterocycles. The maximum atomic E-state index is 12.8. The highest BCUT2D eigenvalue weighted by Gasteiger charge is 2.37. The maximum Gasteiger partial charge on any atom is 0.317 e. The first-order valence-electron chi connectivity index (χ1n) is 11.3. The van der Waals surface area contributed by atoms with Gasteiger partial charge in [0.25, 0.3) is 0 Å². The van der Waals surface area contributed by atoms with Gasteiger partial charge in [-0.2, -0.15) is 0 Å². The number of amides is 4. The molecule has 0 radical (unpaired) electrons. The molecule has 2 aliphatic heterocycles. The fourth-order valence-corrected chi connectivity index (χ4v) is 4.45.